The van der Waals surface area contributed by atoms with Gasteiger partial charge in [-0.2, -0.15) is 0 Å². The smallest absolute Gasteiger partial charge is 0.0491 e. The van der Waals surface area contributed by atoms with Crippen LogP contribution in [0.15, 0.2) is 28.7 Å². The summed E-state index contributed by atoms with van der Waals surface area (Å²) in [6, 6.07) is 8.64. The number of rotatable bonds is 4. The fraction of sp³-hybridized carbons (Fsp3) is 0.571. The normalized spacial score (nSPS) is 18.5. The maximum absolute atomic E-state index is 5.22. The lowest BCUT2D eigenvalue weighted by Crippen LogP contribution is -2.34. The zero-order chi connectivity index (χ0) is 12.1. The Morgan fingerprint density at radius 2 is 1.88 bits per heavy atom. The van der Waals surface area contributed by atoms with Crippen LogP contribution in [0.1, 0.15) is 18.4 Å². The molecule has 2 nitrogen and oxygen atoms in total. The molecule has 1 aromatic carbocycles. The van der Waals surface area contributed by atoms with Gasteiger partial charge in [-0.3, -0.25) is 4.90 Å². The fourth-order valence-corrected chi connectivity index (χ4v) is 2.66. The van der Waals surface area contributed by atoms with E-state index >= 15 is 0 Å². The van der Waals surface area contributed by atoms with Gasteiger partial charge in [0.15, 0.2) is 0 Å². The van der Waals surface area contributed by atoms with Crippen molar-refractivity contribution in [2.45, 2.75) is 19.4 Å². The van der Waals surface area contributed by atoms with Gasteiger partial charge in [0.25, 0.3) is 0 Å². The molecule has 0 saturated carbocycles. The Bertz CT molecular complexity index is 331. The molecule has 3 heteroatoms. The predicted molar refractivity (Wildman–Crippen MR) is 74.0 cm³/mol. The molecule has 0 bridgehead atoms. The second kappa shape index (κ2) is 6.53. The topological polar surface area (TPSA) is 12.5 Å². The molecule has 1 aliphatic rings. The first-order valence-corrected chi connectivity index (χ1v) is 7.03. The molecule has 0 aromatic heterocycles. The minimum absolute atomic E-state index is 0.765. The molecule has 1 aliphatic heterocycles. The summed E-state index contributed by atoms with van der Waals surface area (Å²) in [6.07, 6.45) is 2.54. The first-order valence-electron chi connectivity index (χ1n) is 6.23. The van der Waals surface area contributed by atoms with Gasteiger partial charge in [0.1, 0.15) is 0 Å². The zero-order valence-electron chi connectivity index (χ0n) is 10.4. The van der Waals surface area contributed by atoms with Gasteiger partial charge >= 0.3 is 0 Å². The summed E-state index contributed by atoms with van der Waals surface area (Å²) in [7, 11) is 1.80. The number of piperidine rings is 1. The number of hydrogen-bond acceptors (Lipinski definition) is 2. The zero-order valence-corrected chi connectivity index (χ0v) is 11.9. The van der Waals surface area contributed by atoms with E-state index in [2.05, 4.69) is 45.1 Å². The van der Waals surface area contributed by atoms with Crippen LogP contribution in [-0.4, -0.2) is 31.7 Å². The van der Waals surface area contributed by atoms with E-state index in [1.54, 1.807) is 7.11 Å². The quantitative estimate of drug-likeness (QED) is 0.845. The van der Waals surface area contributed by atoms with Crippen molar-refractivity contribution in [2.75, 3.05) is 26.8 Å². The van der Waals surface area contributed by atoms with Crippen molar-refractivity contribution in [3.63, 3.8) is 0 Å². The summed E-state index contributed by atoms with van der Waals surface area (Å²) < 4.78 is 6.38. The van der Waals surface area contributed by atoms with E-state index in [0.29, 0.717) is 0 Å². The Hall–Kier alpha value is -0.380. The van der Waals surface area contributed by atoms with Crippen LogP contribution in [0, 0.1) is 5.92 Å². The summed E-state index contributed by atoms with van der Waals surface area (Å²) in [4.78, 5) is 2.54. The van der Waals surface area contributed by atoms with E-state index in [4.69, 9.17) is 4.74 Å². The lowest BCUT2D eigenvalue weighted by atomic mass is 9.97. The highest BCUT2D eigenvalue weighted by Crippen LogP contribution is 2.19. The second-order valence-corrected chi connectivity index (χ2v) is 5.72. The molecule has 0 N–H and O–H groups in total. The van der Waals surface area contributed by atoms with Crippen molar-refractivity contribution >= 4 is 15.9 Å². The number of methoxy groups -OCH3 is 1. The number of benzene rings is 1. The van der Waals surface area contributed by atoms with Crippen LogP contribution in [0.3, 0.4) is 0 Å². The van der Waals surface area contributed by atoms with Gasteiger partial charge in [0.2, 0.25) is 0 Å². The van der Waals surface area contributed by atoms with Gasteiger partial charge in [-0.25, -0.2) is 0 Å². The Morgan fingerprint density at radius 1 is 1.24 bits per heavy atom. The standard InChI is InChI=1S/C14H20BrNO/c1-17-11-13-6-8-16(9-7-13)10-12-2-4-14(15)5-3-12/h2-5,13H,6-11H2,1H3. The van der Waals surface area contributed by atoms with Crippen molar-refractivity contribution in [1.82, 2.24) is 4.90 Å². The molecule has 1 heterocycles. The van der Waals surface area contributed by atoms with Gasteiger partial charge in [-0.05, 0) is 49.5 Å². The minimum Gasteiger partial charge on any atom is -0.384 e. The first kappa shape index (κ1) is 13.1. The molecule has 2 rings (SSSR count). The van der Waals surface area contributed by atoms with E-state index in [1.807, 2.05) is 0 Å². The van der Waals surface area contributed by atoms with Gasteiger partial charge in [0.05, 0.1) is 0 Å². The Kier molecular flexibility index (Phi) is 5.01. The minimum atomic E-state index is 0.765. The van der Waals surface area contributed by atoms with Crippen LogP contribution < -0.4 is 0 Å². The lowest BCUT2D eigenvalue weighted by molar-refractivity contribution is 0.0968. The Morgan fingerprint density at radius 3 is 2.47 bits per heavy atom. The average Bonchev–Trinajstić information content (AvgIpc) is 2.35. The molecule has 0 atom stereocenters. The molecule has 17 heavy (non-hydrogen) atoms. The van der Waals surface area contributed by atoms with Gasteiger partial charge in [0, 0.05) is 24.7 Å². The Labute approximate surface area is 112 Å². The molecule has 1 saturated heterocycles. The highest BCUT2D eigenvalue weighted by atomic mass is 79.9. The fourth-order valence-electron chi connectivity index (χ4n) is 2.39. The molecule has 0 radical (unpaired) electrons. The van der Waals surface area contributed by atoms with Crippen LogP contribution in [-0.2, 0) is 11.3 Å². The number of nitrogens with zero attached hydrogens (tertiary/aromatic N) is 1. The van der Waals surface area contributed by atoms with Crippen LogP contribution in [0.5, 0.6) is 0 Å². The molecular weight excluding hydrogens is 278 g/mol. The van der Waals surface area contributed by atoms with E-state index in [9.17, 15) is 0 Å². The van der Waals surface area contributed by atoms with E-state index < -0.39 is 0 Å². The van der Waals surface area contributed by atoms with E-state index in [0.717, 1.165) is 23.5 Å². The summed E-state index contributed by atoms with van der Waals surface area (Å²) in [5.41, 5.74) is 1.40. The maximum atomic E-state index is 5.22. The molecule has 0 unspecified atom stereocenters. The number of ether oxygens (including phenoxy) is 1. The number of likely N-dealkylation sites (tertiary alicyclic amines) is 1. The molecular formula is C14H20BrNO. The van der Waals surface area contributed by atoms with Crippen molar-refractivity contribution < 1.29 is 4.74 Å². The maximum Gasteiger partial charge on any atom is 0.0491 e. The summed E-state index contributed by atoms with van der Waals surface area (Å²) in [6.45, 7) is 4.40. The van der Waals surface area contributed by atoms with Crippen molar-refractivity contribution in [3.8, 4) is 0 Å². The highest BCUT2D eigenvalue weighted by Gasteiger charge is 2.18. The van der Waals surface area contributed by atoms with Crippen molar-refractivity contribution in [3.05, 3.63) is 34.3 Å². The van der Waals surface area contributed by atoms with Gasteiger partial charge < -0.3 is 4.74 Å². The van der Waals surface area contributed by atoms with Crippen molar-refractivity contribution in [1.29, 1.82) is 0 Å². The van der Waals surface area contributed by atoms with Crippen LogP contribution >= 0.6 is 15.9 Å². The molecule has 1 aromatic rings. The van der Waals surface area contributed by atoms with Crippen LogP contribution in [0.4, 0.5) is 0 Å². The first-order chi connectivity index (χ1) is 8.28. The third kappa shape index (κ3) is 4.09. The summed E-state index contributed by atoms with van der Waals surface area (Å²) in [5, 5.41) is 0. The number of hydrogen-bond donors (Lipinski definition) is 0. The SMILES string of the molecule is COCC1CCN(Cc2ccc(Br)cc2)CC1. The van der Waals surface area contributed by atoms with E-state index in [1.165, 1.54) is 31.5 Å². The van der Waals surface area contributed by atoms with E-state index in [-0.39, 0.29) is 0 Å². The molecule has 0 amide bonds. The molecule has 0 aliphatic carbocycles. The van der Waals surface area contributed by atoms with Crippen molar-refractivity contribution in [2.24, 2.45) is 5.92 Å². The third-order valence-electron chi connectivity index (χ3n) is 3.43. The monoisotopic (exact) mass is 297 g/mol. The molecule has 0 spiro atoms. The summed E-state index contributed by atoms with van der Waals surface area (Å²) in [5.74, 6) is 0.765. The third-order valence-corrected chi connectivity index (χ3v) is 3.96. The van der Waals surface area contributed by atoms with Crippen LogP contribution in [0.25, 0.3) is 0 Å². The average molecular weight is 298 g/mol. The Balaban J connectivity index is 1.79. The molecule has 1 fully saturated rings. The van der Waals surface area contributed by atoms with Gasteiger partial charge in [-0.1, -0.05) is 28.1 Å². The lowest BCUT2D eigenvalue weighted by Gasteiger charge is -2.31. The summed E-state index contributed by atoms with van der Waals surface area (Å²) >= 11 is 3.47. The largest absolute Gasteiger partial charge is 0.384 e. The number of halogens is 1. The molecule has 94 valence electrons. The highest BCUT2D eigenvalue weighted by molar-refractivity contribution is 9.10. The van der Waals surface area contributed by atoms with Crippen LogP contribution in [0.2, 0.25) is 0 Å². The predicted octanol–water partition coefficient (Wildman–Crippen LogP) is 3.31. The second-order valence-electron chi connectivity index (χ2n) is 4.80. The van der Waals surface area contributed by atoms with Gasteiger partial charge in [-0.15, -0.1) is 0 Å².